The minimum Gasteiger partial charge on any atom is -0.459 e. The number of carbonyl (C=O) groups excluding carboxylic acids is 2. The van der Waals surface area contributed by atoms with Crippen LogP contribution in [0, 0.1) is 33.8 Å². The third-order valence-electron chi connectivity index (χ3n) is 15.7. The number of amides is 1. The second-order valence-electron chi connectivity index (χ2n) is 21.6. The Hall–Kier alpha value is -3.74. The number of esters is 1. The van der Waals surface area contributed by atoms with Gasteiger partial charge in [0.2, 0.25) is 0 Å². The number of hydrogen-bond donors (Lipinski definition) is 6. The van der Waals surface area contributed by atoms with Gasteiger partial charge in [-0.05, 0) is 98.9 Å². The first-order chi connectivity index (χ1) is 33.1. The zero-order valence-electron chi connectivity index (χ0n) is 44.0. The highest BCUT2D eigenvalue weighted by Gasteiger charge is 2.55. The standard InChI is InChI=1S/C50H83N7O14/c1-14-39-50(10,64)42(59)32(6)55(12)26-28(2)24-48(8,63)44(30(4)40(31(5)46(62)70-39)38-25-49(9,67-13)43(60)33(7)69-38)71-47-41(58)37(23-29(3)68-47)54(11)21-19-35-27-56(53-52-35)22-20-51-45(61)34-15-17-36(18-16-34)57(65)66/h15-18,27-33,37-44,47,58-60,63-64H,14,19-26H2,1-13H3,(H,51,61)/t28-,29-,30+,31-,32-,33+,37+,38?,39-,40+,41-,42-,43+,44-,47+,48-,49-,50-/m1/s1. The number of aliphatic hydroxyl groups excluding tert-OH is 3. The lowest BCUT2D eigenvalue weighted by Gasteiger charge is -2.51. The molecule has 0 saturated carbocycles. The van der Waals surface area contributed by atoms with E-state index in [0.29, 0.717) is 43.7 Å². The second kappa shape index (κ2) is 24.1. The molecule has 1 amide bonds. The normalized spacial score (nSPS) is 39.3. The summed E-state index contributed by atoms with van der Waals surface area (Å²) in [7, 11) is 5.25. The van der Waals surface area contributed by atoms with Crippen molar-refractivity contribution in [2.24, 2.45) is 23.7 Å². The first kappa shape index (κ1) is 58.2. The van der Waals surface area contributed by atoms with Gasteiger partial charge >= 0.3 is 5.97 Å². The van der Waals surface area contributed by atoms with Gasteiger partial charge in [0.15, 0.2) is 6.29 Å². The second-order valence-corrected chi connectivity index (χ2v) is 21.6. The van der Waals surface area contributed by atoms with E-state index in [1.807, 2.05) is 44.7 Å². The van der Waals surface area contributed by atoms with Gasteiger partial charge in [-0.1, -0.05) is 32.9 Å². The first-order valence-corrected chi connectivity index (χ1v) is 25.2. The average molecular weight is 1010 g/mol. The van der Waals surface area contributed by atoms with E-state index >= 15 is 0 Å². The van der Waals surface area contributed by atoms with Crippen LogP contribution in [-0.2, 0) is 41.4 Å². The molecule has 21 nitrogen and oxygen atoms in total. The van der Waals surface area contributed by atoms with Crippen LogP contribution in [0.2, 0.25) is 0 Å². The molecule has 71 heavy (non-hydrogen) atoms. The SMILES string of the molecule is CC[C@H]1OC(=O)[C@H](C)[C@@H](C2C[C@@](C)(OC)[C@@H](O)[C@H](C)O2)[C@H](C)[C@@H](O[C@@H]2O[C@H](C)C[C@H](N(C)CCc3cn(CCNC(=O)c4ccc([N+](=O)[O-])cc4)nn3)[C@H]2O)[C@](C)(O)C[C@@H](C)CN(C)[C@H](C)[C@@H](O)[C@]1(C)O. The Balaban J connectivity index is 1.39. The van der Waals surface area contributed by atoms with Crippen LogP contribution < -0.4 is 5.32 Å². The van der Waals surface area contributed by atoms with E-state index in [2.05, 4.69) is 15.6 Å². The molecule has 1 unspecified atom stereocenters. The van der Waals surface area contributed by atoms with Gasteiger partial charge in [-0.3, -0.25) is 24.4 Å². The number of non-ortho nitro benzene ring substituents is 1. The van der Waals surface area contributed by atoms with Crippen LogP contribution >= 0.6 is 0 Å². The topological polar surface area (TPSA) is 274 Å². The van der Waals surface area contributed by atoms with E-state index < -0.39 is 107 Å². The van der Waals surface area contributed by atoms with Crippen LogP contribution in [0.5, 0.6) is 0 Å². The van der Waals surface area contributed by atoms with Crippen molar-refractivity contribution in [2.45, 2.75) is 192 Å². The van der Waals surface area contributed by atoms with Gasteiger partial charge in [-0.2, -0.15) is 0 Å². The number of nitro benzene ring substituents is 1. The number of rotatable bonds is 14. The van der Waals surface area contributed by atoms with E-state index in [-0.39, 0.29) is 49.4 Å². The number of methoxy groups -OCH3 is 1. The summed E-state index contributed by atoms with van der Waals surface area (Å²) in [5, 5.41) is 82.2. The number of likely N-dealkylation sites (N-methyl/N-ethyl adjacent to an activating group) is 2. The quantitative estimate of drug-likeness (QED) is 0.0902. The Morgan fingerprint density at radius 1 is 1.03 bits per heavy atom. The molecule has 4 heterocycles. The molecule has 1 aromatic heterocycles. The van der Waals surface area contributed by atoms with Gasteiger partial charge in [-0.25, -0.2) is 0 Å². The number of nitro groups is 1. The Morgan fingerprint density at radius 3 is 2.31 bits per heavy atom. The lowest BCUT2D eigenvalue weighted by molar-refractivity contribution is -0.384. The fourth-order valence-electron chi connectivity index (χ4n) is 11.3. The molecule has 6 N–H and O–H groups in total. The summed E-state index contributed by atoms with van der Waals surface area (Å²) < 4.78 is 33.7. The zero-order chi connectivity index (χ0) is 52.9. The van der Waals surface area contributed by atoms with Crippen molar-refractivity contribution >= 4 is 17.6 Å². The predicted molar refractivity (Wildman–Crippen MR) is 261 cm³/mol. The van der Waals surface area contributed by atoms with Gasteiger partial charge in [0.1, 0.15) is 30.0 Å². The molecule has 0 bridgehead atoms. The summed E-state index contributed by atoms with van der Waals surface area (Å²) in [4.78, 5) is 41.6. The molecule has 0 aliphatic carbocycles. The van der Waals surface area contributed by atoms with Crippen LogP contribution in [0.25, 0.3) is 0 Å². The lowest BCUT2D eigenvalue weighted by atomic mass is 9.68. The summed E-state index contributed by atoms with van der Waals surface area (Å²) in [6.07, 6.45) is -5.42. The van der Waals surface area contributed by atoms with Crippen LogP contribution in [0.1, 0.15) is 111 Å². The van der Waals surface area contributed by atoms with Crippen molar-refractivity contribution in [1.82, 2.24) is 30.1 Å². The number of cyclic esters (lactones) is 1. The number of benzene rings is 1. The highest BCUT2D eigenvalue weighted by molar-refractivity contribution is 5.94. The van der Waals surface area contributed by atoms with E-state index in [1.54, 1.807) is 52.4 Å². The van der Waals surface area contributed by atoms with Crippen molar-refractivity contribution in [3.63, 3.8) is 0 Å². The Labute approximate surface area is 418 Å². The van der Waals surface area contributed by atoms with E-state index in [1.165, 1.54) is 38.3 Å². The summed E-state index contributed by atoms with van der Waals surface area (Å²) in [5.41, 5.74) is -3.64. The zero-order valence-corrected chi connectivity index (χ0v) is 44.0. The third kappa shape index (κ3) is 13.7. The van der Waals surface area contributed by atoms with Gasteiger partial charge in [0.05, 0.1) is 58.7 Å². The molecule has 5 rings (SSSR count). The number of nitrogens with one attached hydrogen (secondary N) is 1. The molecule has 3 aliphatic heterocycles. The Morgan fingerprint density at radius 2 is 1.69 bits per heavy atom. The number of ether oxygens (including phenoxy) is 5. The third-order valence-corrected chi connectivity index (χ3v) is 15.7. The van der Waals surface area contributed by atoms with Gasteiger partial charge < -0.3 is 64.3 Å². The first-order valence-electron chi connectivity index (χ1n) is 25.2. The molecule has 2 aromatic rings. The minimum absolute atomic E-state index is 0.105. The number of aliphatic hydroxyl groups is 5. The summed E-state index contributed by atoms with van der Waals surface area (Å²) >= 11 is 0. The number of nitrogens with zero attached hydrogens (tertiary/aromatic N) is 6. The van der Waals surface area contributed by atoms with Crippen molar-refractivity contribution in [3.05, 3.63) is 51.8 Å². The van der Waals surface area contributed by atoms with Crippen LogP contribution in [-0.4, -0.2) is 192 Å². The van der Waals surface area contributed by atoms with Gasteiger partial charge in [0, 0.05) is 81.5 Å². The highest BCUT2D eigenvalue weighted by Crippen LogP contribution is 2.45. The smallest absolute Gasteiger partial charge is 0.309 e. The van der Waals surface area contributed by atoms with Crippen LogP contribution in [0.3, 0.4) is 0 Å². The summed E-state index contributed by atoms with van der Waals surface area (Å²) in [6, 6.07) is 4.32. The molecule has 0 radical (unpaired) electrons. The maximum Gasteiger partial charge on any atom is 0.309 e. The van der Waals surface area contributed by atoms with Crippen molar-refractivity contribution in [3.8, 4) is 0 Å². The fourth-order valence-corrected chi connectivity index (χ4v) is 11.3. The Bertz CT molecular complexity index is 2060. The molecule has 3 fully saturated rings. The fraction of sp³-hybridized carbons (Fsp3) is 0.800. The van der Waals surface area contributed by atoms with E-state index in [0.717, 1.165) is 0 Å². The lowest BCUT2D eigenvalue weighted by Crippen LogP contribution is -2.62. The van der Waals surface area contributed by atoms with Crippen LogP contribution in [0.4, 0.5) is 5.69 Å². The molecule has 3 saturated heterocycles. The monoisotopic (exact) mass is 1010 g/mol. The maximum absolute atomic E-state index is 14.6. The molecule has 402 valence electrons. The number of aromatic nitrogens is 3. The van der Waals surface area contributed by atoms with Crippen molar-refractivity contribution in [1.29, 1.82) is 0 Å². The van der Waals surface area contributed by atoms with E-state index in [9.17, 15) is 45.2 Å². The largest absolute Gasteiger partial charge is 0.459 e. The molecule has 0 spiro atoms. The highest BCUT2D eigenvalue weighted by atomic mass is 16.7. The van der Waals surface area contributed by atoms with Gasteiger partial charge in [-0.15, -0.1) is 5.10 Å². The average Bonchev–Trinajstić information content (AvgIpc) is 3.77. The number of hydrogen-bond acceptors (Lipinski definition) is 18. The molecule has 1 aromatic carbocycles. The molecule has 18 atom stereocenters. The summed E-state index contributed by atoms with van der Waals surface area (Å²) in [5.74, 6) is -3.63. The predicted octanol–water partition coefficient (Wildman–Crippen LogP) is 2.72. The molecule has 21 heteroatoms. The van der Waals surface area contributed by atoms with Gasteiger partial charge in [0.25, 0.3) is 11.6 Å². The minimum atomic E-state index is -1.83. The van der Waals surface area contributed by atoms with Crippen molar-refractivity contribution < 1.29 is 63.7 Å². The molecule has 3 aliphatic rings. The molecular weight excluding hydrogens is 923 g/mol. The Kier molecular flexibility index (Phi) is 19.7. The van der Waals surface area contributed by atoms with Crippen molar-refractivity contribution in [2.75, 3.05) is 40.8 Å². The van der Waals surface area contributed by atoms with Crippen LogP contribution in [0.15, 0.2) is 30.5 Å². The number of carbonyl (C=O) groups is 2. The molecular formula is C50H83N7O14. The van der Waals surface area contributed by atoms with E-state index in [4.69, 9.17) is 23.7 Å². The summed E-state index contributed by atoms with van der Waals surface area (Å²) in [6.45, 7) is 19.2. The maximum atomic E-state index is 14.6.